The van der Waals surface area contributed by atoms with E-state index in [4.69, 9.17) is 0 Å². The number of amidine groups is 1. The van der Waals surface area contributed by atoms with Gasteiger partial charge in [-0.1, -0.05) is 46.3 Å². The first-order valence-electron chi connectivity index (χ1n) is 8.42. The van der Waals surface area contributed by atoms with Gasteiger partial charge in [0.2, 0.25) is 0 Å². The molecule has 1 aliphatic carbocycles. The molecule has 0 aliphatic heterocycles. The van der Waals surface area contributed by atoms with Gasteiger partial charge in [0.1, 0.15) is 0 Å². The molecule has 3 rings (SSSR count). The van der Waals surface area contributed by atoms with Gasteiger partial charge in [0.15, 0.2) is 11.6 Å². The number of halogens is 1. The lowest BCUT2D eigenvalue weighted by Gasteiger charge is -2.11. The van der Waals surface area contributed by atoms with Crippen LogP contribution in [0.4, 0.5) is 0 Å². The van der Waals surface area contributed by atoms with E-state index in [1.807, 2.05) is 6.07 Å². The fourth-order valence-electron chi connectivity index (χ4n) is 2.51. The number of hydrogen-bond acceptors (Lipinski definition) is 3. The van der Waals surface area contributed by atoms with Crippen LogP contribution in [0.5, 0.6) is 0 Å². The van der Waals surface area contributed by atoms with Gasteiger partial charge < -0.3 is 0 Å². The van der Waals surface area contributed by atoms with Crippen molar-refractivity contribution in [3.8, 4) is 0 Å². The number of sulfonamides is 1. The highest BCUT2D eigenvalue weighted by Gasteiger charge is 2.18. The molecule has 2 aromatic carbocycles. The molecule has 7 heteroatoms. The Morgan fingerprint density at radius 3 is 2.18 bits per heavy atom. The van der Waals surface area contributed by atoms with E-state index in [1.165, 1.54) is 18.2 Å². The Bertz CT molecular complexity index is 1140. The summed E-state index contributed by atoms with van der Waals surface area (Å²) in [5, 5.41) is 0. The molecule has 0 aromatic heterocycles. The zero-order valence-corrected chi connectivity index (χ0v) is 17.7. The number of carbonyl (C=O) groups excluding carboxylic acids is 1. The maximum absolute atomic E-state index is 12.8. The minimum Gasteiger partial charge on any atom is -0.290 e. The van der Waals surface area contributed by atoms with Gasteiger partial charge in [-0.05, 0) is 61.4 Å². The second-order valence-electron chi connectivity index (χ2n) is 6.23. The molecule has 5 nitrogen and oxygen atoms in total. The average molecular weight is 457 g/mol. The summed E-state index contributed by atoms with van der Waals surface area (Å²) in [6.45, 7) is 3.45. The van der Waals surface area contributed by atoms with E-state index in [0.717, 1.165) is 4.47 Å². The molecule has 0 saturated heterocycles. The number of ketones is 1. The van der Waals surface area contributed by atoms with Gasteiger partial charge in [0, 0.05) is 10.0 Å². The molecule has 0 atom stereocenters. The van der Waals surface area contributed by atoms with Crippen molar-refractivity contribution in [2.45, 2.75) is 18.7 Å². The molecule has 28 heavy (non-hydrogen) atoms. The summed E-state index contributed by atoms with van der Waals surface area (Å²) in [5.41, 5.74) is 2.25. The van der Waals surface area contributed by atoms with Crippen LogP contribution in [-0.4, -0.2) is 25.7 Å². The molecule has 0 fully saturated rings. The Morgan fingerprint density at radius 2 is 1.54 bits per heavy atom. The van der Waals surface area contributed by atoms with Crippen molar-refractivity contribution < 1.29 is 13.2 Å². The normalized spacial score (nSPS) is 16.8. The van der Waals surface area contributed by atoms with E-state index in [0.29, 0.717) is 22.4 Å². The van der Waals surface area contributed by atoms with Gasteiger partial charge in [-0.25, -0.2) is 4.99 Å². The Labute approximate surface area is 172 Å². The van der Waals surface area contributed by atoms with Gasteiger partial charge in [0.05, 0.1) is 10.6 Å². The third-order valence-corrected chi connectivity index (χ3v) is 5.88. The lowest BCUT2D eigenvalue weighted by atomic mass is 9.98. The molecule has 0 radical (unpaired) electrons. The molecule has 0 N–H and O–H groups in total. The van der Waals surface area contributed by atoms with E-state index >= 15 is 0 Å². The molecule has 142 valence electrons. The van der Waals surface area contributed by atoms with Crippen molar-refractivity contribution in [3.05, 3.63) is 87.9 Å². The van der Waals surface area contributed by atoms with Gasteiger partial charge in [-0.3, -0.25) is 4.79 Å². The smallest absolute Gasteiger partial charge is 0.284 e. The monoisotopic (exact) mass is 456 g/mol. The largest absolute Gasteiger partial charge is 0.290 e. The third kappa shape index (κ3) is 4.61. The summed E-state index contributed by atoms with van der Waals surface area (Å²) in [5.74, 6) is -0.0261. The van der Waals surface area contributed by atoms with Crippen LogP contribution in [0.1, 0.15) is 19.4 Å². The maximum atomic E-state index is 12.8. The van der Waals surface area contributed by atoms with Crippen LogP contribution in [-0.2, 0) is 14.8 Å². The van der Waals surface area contributed by atoms with Crippen LogP contribution in [0.3, 0.4) is 0 Å². The highest BCUT2D eigenvalue weighted by molar-refractivity contribution is 9.10. The minimum atomic E-state index is -3.96. The van der Waals surface area contributed by atoms with Crippen molar-refractivity contribution in [2.75, 3.05) is 0 Å². The number of allylic oxidation sites excluding steroid dienone is 4. The number of benzene rings is 2. The minimum absolute atomic E-state index is 0.0599. The molecule has 0 unspecified atom stereocenters. The first-order chi connectivity index (χ1) is 13.3. The number of nitrogens with zero attached hydrogens (tertiary/aromatic N) is 2. The molecule has 0 saturated carbocycles. The number of rotatable bonds is 3. The van der Waals surface area contributed by atoms with Gasteiger partial charge >= 0.3 is 0 Å². The van der Waals surface area contributed by atoms with Crippen molar-refractivity contribution in [1.29, 1.82) is 0 Å². The van der Waals surface area contributed by atoms with Gasteiger partial charge in [0.25, 0.3) is 10.0 Å². The summed E-state index contributed by atoms with van der Waals surface area (Å²) in [6, 6.07) is 15.1. The van der Waals surface area contributed by atoms with E-state index < -0.39 is 10.0 Å². The van der Waals surface area contributed by atoms with Gasteiger partial charge in [-0.15, -0.1) is 4.40 Å². The molecule has 0 heterocycles. The fourth-order valence-corrected chi connectivity index (χ4v) is 3.73. The topological polar surface area (TPSA) is 75.9 Å². The zero-order valence-electron chi connectivity index (χ0n) is 15.3. The van der Waals surface area contributed by atoms with Crippen molar-refractivity contribution in [2.24, 2.45) is 9.39 Å². The standard InChI is InChI=1S/C21H17BrN2O3S/c1-14-13-20(25)15(2)12-19(14)23-21(16-6-4-3-5-7-16)24-28(26,27)18-10-8-17(22)9-11-18/h3-13H,1-2H3. The molecular weight excluding hydrogens is 440 g/mol. The quantitative estimate of drug-likeness (QED) is 0.387. The van der Waals surface area contributed by atoms with E-state index in [1.54, 1.807) is 56.3 Å². The van der Waals surface area contributed by atoms with Crippen LogP contribution in [0.25, 0.3) is 0 Å². The Kier molecular flexibility index (Phi) is 5.86. The van der Waals surface area contributed by atoms with Crippen LogP contribution >= 0.6 is 15.9 Å². The molecular formula is C21H17BrN2O3S. The van der Waals surface area contributed by atoms with Crippen molar-refractivity contribution >= 4 is 43.3 Å². The summed E-state index contributed by atoms with van der Waals surface area (Å²) < 4.78 is 30.4. The fraction of sp³-hybridized carbons (Fsp3) is 0.0952. The lowest BCUT2D eigenvalue weighted by Crippen LogP contribution is -2.13. The SMILES string of the molecule is CC1=CC(=NC(=NS(=O)(=O)c2ccc(Br)cc2)c2ccccc2)C(C)=CC1=O. The van der Waals surface area contributed by atoms with Crippen LogP contribution in [0, 0.1) is 0 Å². The van der Waals surface area contributed by atoms with Crippen LogP contribution in [0.2, 0.25) is 0 Å². The first kappa shape index (κ1) is 20.1. The zero-order chi connectivity index (χ0) is 20.3. The molecule has 0 bridgehead atoms. The Hall–Kier alpha value is -2.64. The Balaban J connectivity index is 2.15. The van der Waals surface area contributed by atoms with Crippen LogP contribution in [0.15, 0.2) is 96.7 Å². The maximum Gasteiger partial charge on any atom is 0.284 e. The highest BCUT2D eigenvalue weighted by atomic mass is 79.9. The third-order valence-electron chi connectivity index (χ3n) is 4.07. The van der Waals surface area contributed by atoms with E-state index in [2.05, 4.69) is 25.3 Å². The van der Waals surface area contributed by atoms with E-state index in [-0.39, 0.29) is 16.5 Å². The molecule has 1 aliphatic rings. The van der Waals surface area contributed by atoms with Crippen molar-refractivity contribution in [1.82, 2.24) is 0 Å². The van der Waals surface area contributed by atoms with E-state index in [9.17, 15) is 13.2 Å². The molecule has 0 amide bonds. The molecule has 2 aromatic rings. The predicted octanol–water partition coefficient (Wildman–Crippen LogP) is 4.50. The summed E-state index contributed by atoms with van der Waals surface area (Å²) in [4.78, 5) is 16.4. The number of carbonyl (C=O) groups is 1. The molecule has 0 spiro atoms. The summed E-state index contributed by atoms with van der Waals surface area (Å²) >= 11 is 3.29. The van der Waals surface area contributed by atoms with Crippen LogP contribution < -0.4 is 0 Å². The average Bonchev–Trinajstić information content (AvgIpc) is 2.66. The van der Waals surface area contributed by atoms with Gasteiger partial charge in [-0.2, -0.15) is 8.42 Å². The van der Waals surface area contributed by atoms with Crippen molar-refractivity contribution in [3.63, 3.8) is 0 Å². The number of hydrogen-bond donors (Lipinski definition) is 0. The highest BCUT2D eigenvalue weighted by Crippen LogP contribution is 2.19. The second kappa shape index (κ2) is 8.16. The summed E-state index contributed by atoms with van der Waals surface area (Å²) in [6.07, 6.45) is 3.13. The number of aliphatic imine (C=N–C) groups is 1. The summed E-state index contributed by atoms with van der Waals surface area (Å²) in [7, 11) is -3.96. The Morgan fingerprint density at radius 1 is 0.893 bits per heavy atom. The second-order valence-corrected chi connectivity index (χ2v) is 8.75. The lowest BCUT2D eigenvalue weighted by molar-refractivity contribution is -0.111. The predicted molar refractivity (Wildman–Crippen MR) is 114 cm³/mol. The first-order valence-corrected chi connectivity index (χ1v) is 10.7.